The van der Waals surface area contributed by atoms with Crippen LogP contribution in [0.2, 0.25) is 0 Å². The van der Waals surface area contributed by atoms with Gasteiger partial charge in [-0.25, -0.2) is 4.68 Å². The highest BCUT2D eigenvalue weighted by molar-refractivity contribution is 6.06. The molecule has 1 atom stereocenters. The van der Waals surface area contributed by atoms with Crippen LogP contribution in [0.3, 0.4) is 0 Å². The fourth-order valence-electron chi connectivity index (χ4n) is 3.42. The standard InChI is InChI=1S/C20H19N5O2/c21-19-15(13-23-25(19)14-7-2-1-3-8-14)18(26)17-10-6-12-24(17)20(27)16-9-4-5-11-22-16/h1-5,7-9,11,13,17H,6,10,12,21H2. The Morgan fingerprint density at radius 2 is 1.85 bits per heavy atom. The number of nitrogen functional groups attached to an aromatic ring is 1. The summed E-state index contributed by atoms with van der Waals surface area (Å²) in [7, 11) is 0. The Morgan fingerprint density at radius 1 is 1.07 bits per heavy atom. The third-order valence-corrected chi connectivity index (χ3v) is 4.77. The molecule has 0 spiro atoms. The molecule has 0 radical (unpaired) electrons. The van der Waals surface area contributed by atoms with E-state index in [0.29, 0.717) is 24.2 Å². The quantitative estimate of drug-likeness (QED) is 0.720. The number of amides is 1. The lowest BCUT2D eigenvalue weighted by atomic mass is 10.0. The number of likely N-dealkylation sites (tertiary alicyclic amines) is 1. The number of hydrogen-bond acceptors (Lipinski definition) is 5. The average molecular weight is 361 g/mol. The van der Waals surface area contributed by atoms with E-state index in [4.69, 9.17) is 5.73 Å². The fourth-order valence-corrected chi connectivity index (χ4v) is 3.42. The number of nitrogens with two attached hydrogens (primary N) is 1. The van der Waals surface area contributed by atoms with Crippen molar-refractivity contribution in [1.82, 2.24) is 19.7 Å². The Labute approximate surface area is 156 Å². The molecule has 0 saturated carbocycles. The SMILES string of the molecule is Nc1c(C(=O)C2CCCN2C(=O)c2ccccn2)cnn1-c1ccccc1. The second kappa shape index (κ2) is 7.03. The highest BCUT2D eigenvalue weighted by Crippen LogP contribution is 2.26. The molecule has 1 aliphatic rings. The second-order valence-electron chi connectivity index (χ2n) is 6.43. The van der Waals surface area contributed by atoms with E-state index < -0.39 is 6.04 Å². The van der Waals surface area contributed by atoms with Crippen LogP contribution >= 0.6 is 0 Å². The van der Waals surface area contributed by atoms with E-state index in [9.17, 15) is 9.59 Å². The maximum Gasteiger partial charge on any atom is 0.273 e. The molecule has 4 rings (SSSR count). The van der Waals surface area contributed by atoms with Crippen LogP contribution in [0.5, 0.6) is 0 Å². The van der Waals surface area contributed by atoms with E-state index in [1.165, 1.54) is 10.9 Å². The van der Waals surface area contributed by atoms with Crippen LogP contribution < -0.4 is 5.73 Å². The van der Waals surface area contributed by atoms with Crippen molar-refractivity contribution >= 4 is 17.5 Å². The largest absolute Gasteiger partial charge is 0.383 e. The van der Waals surface area contributed by atoms with Crippen molar-refractivity contribution in [1.29, 1.82) is 0 Å². The van der Waals surface area contributed by atoms with Crippen LogP contribution in [0, 0.1) is 0 Å². The molecule has 1 aromatic carbocycles. The van der Waals surface area contributed by atoms with E-state index in [1.807, 2.05) is 30.3 Å². The summed E-state index contributed by atoms with van der Waals surface area (Å²) in [6, 6.07) is 14.0. The minimum absolute atomic E-state index is 0.184. The second-order valence-corrected chi connectivity index (χ2v) is 6.43. The first-order chi connectivity index (χ1) is 13.2. The highest BCUT2D eigenvalue weighted by atomic mass is 16.2. The summed E-state index contributed by atoms with van der Waals surface area (Å²) in [6.45, 7) is 0.526. The molecule has 1 saturated heterocycles. The van der Waals surface area contributed by atoms with E-state index in [0.717, 1.165) is 12.1 Å². The summed E-state index contributed by atoms with van der Waals surface area (Å²) >= 11 is 0. The fraction of sp³-hybridized carbons (Fsp3) is 0.200. The van der Waals surface area contributed by atoms with Gasteiger partial charge in [0.2, 0.25) is 0 Å². The molecule has 1 aliphatic heterocycles. The number of para-hydroxylation sites is 1. The van der Waals surface area contributed by atoms with E-state index >= 15 is 0 Å². The van der Waals surface area contributed by atoms with Gasteiger partial charge in [-0.2, -0.15) is 5.10 Å². The summed E-state index contributed by atoms with van der Waals surface area (Å²) in [6.07, 6.45) is 4.42. The van der Waals surface area contributed by atoms with Crippen LogP contribution in [0.25, 0.3) is 5.69 Å². The highest BCUT2D eigenvalue weighted by Gasteiger charge is 2.36. The van der Waals surface area contributed by atoms with Crippen molar-refractivity contribution < 1.29 is 9.59 Å². The van der Waals surface area contributed by atoms with Gasteiger partial charge in [-0.3, -0.25) is 14.6 Å². The van der Waals surface area contributed by atoms with E-state index in [1.54, 1.807) is 29.3 Å². The van der Waals surface area contributed by atoms with Gasteiger partial charge in [-0.15, -0.1) is 0 Å². The van der Waals surface area contributed by atoms with Crippen molar-refractivity contribution in [2.45, 2.75) is 18.9 Å². The monoisotopic (exact) mass is 361 g/mol. The number of carbonyl (C=O) groups excluding carboxylic acids is 2. The van der Waals surface area contributed by atoms with Crippen molar-refractivity contribution in [3.63, 3.8) is 0 Å². The van der Waals surface area contributed by atoms with Crippen molar-refractivity contribution in [3.8, 4) is 5.69 Å². The molecule has 136 valence electrons. The molecule has 7 nitrogen and oxygen atoms in total. The average Bonchev–Trinajstić information content (AvgIpc) is 3.35. The number of aromatic nitrogens is 3. The van der Waals surface area contributed by atoms with Crippen molar-refractivity contribution in [2.24, 2.45) is 0 Å². The zero-order valence-corrected chi connectivity index (χ0v) is 14.7. The molecule has 7 heteroatoms. The predicted molar refractivity (Wildman–Crippen MR) is 101 cm³/mol. The number of carbonyl (C=O) groups is 2. The Kier molecular flexibility index (Phi) is 4.42. The Hall–Kier alpha value is -3.48. The molecular weight excluding hydrogens is 342 g/mol. The van der Waals surface area contributed by atoms with Gasteiger partial charge in [0.05, 0.1) is 23.5 Å². The number of anilines is 1. The number of hydrogen-bond donors (Lipinski definition) is 1. The third-order valence-electron chi connectivity index (χ3n) is 4.77. The van der Waals surface area contributed by atoms with Crippen molar-refractivity contribution in [2.75, 3.05) is 12.3 Å². The van der Waals surface area contributed by atoms with Crippen molar-refractivity contribution in [3.05, 3.63) is 72.2 Å². The molecule has 1 fully saturated rings. The van der Waals surface area contributed by atoms with Gasteiger partial charge < -0.3 is 10.6 Å². The number of ketones is 1. The minimum Gasteiger partial charge on any atom is -0.383 e. The molecule has 0 aliphatic carbocycles. The summed E-state index contributed by atoms with van der Waals surface area (Å²) in [5, 5.41) is 4.26. The van der Waals surface area contributed by atoms with Crippen LogP contribution in [-0.4, -0.2) is 43.9 Å². The number of rotatable bonds is 4. The van der Waals surface area contributed by atoms with Gasteiger partial charge in [0.25, 0.3) is 5.91 Å². The Balaban J connectivity index is 1.61. The topological polar surface area (TPSA) is 94.1 Å². The first-order valence-corrected chi connectivity index (χ1v) is 8.82. The maximum atomic E-state index is 13.1. The molecule has 27 heavy (non-hydrogen) atoms. The smallest absolute Gasteiger partial charge is 0.273 e. The first-order valence-electron chi connectivity index (χ1n) is 8.82. The van der Waals surface area contributed by atoms with Gasteiger partial charge in [-0.1, -0.05) is 24.3 Å². The first kappa shape index (κ1) is 17.0. The molecule has 3 aromatic rings. The molecule has 1 unspecified atom stereocenters. The number of benzene rings is 1. The molecular formula is C20H19N5O2. The number of Topliss-reactive ketones (excluding diaryl/α,β-unsaturated/α-hetero) is 1. The lowest BCUT2D eigenvalue weighted by molar-refractivity contribution is 0.0667. The van der Waals surface area contributed by atoms with E-state index in [2.05, 4.69) is 10.1 Å². The summed E-state index contributed by atoms with van der Waals surface area (Å²) in [5.41, 5.74) is 7.66. The number of pyridine rings is 1. The van der Waals surface area contributed by atoms with Crippen LogP contribution in [-0.2, 0) is 0 Å². The summed E-state index contributed by atoms with van der Waals surface area (Å²) < 4.78 is 1.53. The summed E-state index contributed by atoms with van der Waals surface area (Å²) in [5.74, 6) is -0.139. The van der Waals surface area contributed by atoms with Crippen LogP contribution in [0.4, 0.5) is 5.82 Å². The van der Waals surface area contributed by atoms with Crippen LogP contribution in [0.1, 0.15) is 33.7 Å². The molecule has 2 N–H and O–H groups in total. The van der Waals surface area contributed by atoms with Gasteiger partial charge in [0, 0.05) is 12.7 Å². The Morgan fingerprint density at radius 3 is 2.59 bits per heavy atom. The van der Waals surface area contributed by atoms with E-state index in [-0.39, 0.29) is 17.5 Å². The van der Waals surface area contributed by atoms with Gasteiger partial charge >= 0.3 is 0 Å². The number of nitrogens with zero attached hydrogens (tertiary/aromatic N) is 4. The Bertz CT molecular complexity index is 969. The van der Waals surface area contributed by atoms with Gasteiger partial charge in [-0.05, 0) is 37.1 Å². The molecule has 1 amide bonds. The zero-order valence-electron chi connectivity index (χ0n) is 14.7. The lowest BCUT2D eigenvalue weighted by Crippen LogP contribution is -2.41. The van der Waals surface area contributed by atoms with Crippen LogP contribution in [0.15, 0.2) is 60.9 Å². The normalized spacial score (nSPS) is 16.4. The lowest BCUT2D eigenvalue weighted by Gasteiger charge is -2.23. The molecule has 3 heterocycles. The minimum atomic E-state index is -0.546. The third kappa shape index (κ3) is 3.08. The molecule has 0 bridgehead atoms. The maximum absolute atomic E-state index is 13.1. The van der Waals surface area contributed by atoms with Gasteiger partial charge in [0.1, 0.15) is 11.5 Å². The summed E-state index contributed by atoms with van der Waals surface area (Å²) in [4.78, 5) is 31.6. The predicted octanol–water partition coefficient (Wildman–Crippen LogP) is 2.34. The zero-order chi connectivity index (χ0) is 18.8. The molecule has 2 aromatic heterocycles. The van der Waals surface area contributed by atoms with Gasteiger partial charge in [0.15, 0.2) is 5.78 Å².